The van der Waals surface area contributed by atoms with Crippen LogP contribution in [0.25, 0.3) is 0 Å². The second-order valence-corrected chi connectivity index (χ2v) is 6.48. The molecule has 3 unspecified atom stereocenters. The Hall–Kier alpha value is -0.610. The number of carboxylic acids is 1. The van der Waals surface area contributed by atoms with Gasteiger partial charge in [-0.2, -0.15) is 0 Å². The molecule has 0 amide bonds. The lowest BCUT2D eigenvalue weighted by atomic mass is 9.83. The molecule has 3 rings (SSSR count). The van der Waals surface area contributed by atoms with Crippen LogP contribution in [0.4, 0.5) is 0 Å². The molecule has 4 nitrogen and oxygen atoms in total. The normalized spacial score (nSPS) is 37.8. The molecule has 2 saturated heterocycles. The molecule has 2 heterocycles. The molecule has 0 aromatic rings. The summed E-state index contributed by atoms with van der Waals surface area (Å²) < 4.78 is 0. The van der Waals surface area contributed by atoms with Crippen LogP contribution >= 0.6 is 0 Å². The van der Waals surface area contributed by atoms with E-state index in [4.69, 9.17) is 0 Å². The van der Waals surface area contributed by atoms with E-state index in [-0.39, 0.29) is 5.92 Å². The number of hydrogen-bond acceptors (Lipinski definition) is 3. The van der Waals surface area contributed by atoms with Crippen molar-refractivity contribution in [2.24, 2.45) is 5.92 Å². The zero-order valence-corrected chi connectivity index (χ0v) is 11.8. The summed E-state index contributed by atoms with van der Waals surface area (Å²) in [4.78, 5) is 16.5. The van der Waals surface area contributed by atoms with Gasteiger partial charge in [0.15, 0.2) is 0 Å². The van der Waals surface area contributed by atoms with Gasteiger partial charge < -0.3 is 5.11 Å². The first-order valence-electron chi connectivity index (χ1n) is 7.96. The van der Waals surface area contributed by atoms with Crippen LogP contribution in [0.3, 0.4) is 0 Å². The van der Waals surface area contributed by atoms with Crippen molar-refractivity contribution in [2.45, 2.75) is 57.0 Å². The molecule has 1 N–H and O–H groups in total. The van der Waals surface area contributed by atoms with Crippen LogP contribution in [0, 0.1) is 5.92 Å². The van der Waals surface area contributed by atoms with Crippen molar-refractivity contribution in [3.8, 4) is 0 Å². The molecular formula is C15H26N2O2. The van der Waals surface area contributed by atoms with Crippen LogP contribution in [0.2, 0.25) is 0 Å². The Morgan fingerprint density at radius 2 is 1.63 bits per heavy atom. The van der Waals surface area contributed by atoms with Gasteiger partial charge in [-0.1, -0.05) is 12.8 Å². The third-order valence-electron chi connectivity index (χ3n) is 5.37. The molecule has 0 aromatic carbocycles. The summed E-state index contributed by atoms with van der Waals surface area (Å²) in [5.74, 6) is -0.694. The van der Waals surface area contributed by atoms with Gasteiger partial charge in [-0.3, -0.25) is 14.6 Å². The van der Waals surface area contributed by atoms with E-state index < -0.39 is 5.97 Å². The molecule has 0 spiro atoms. The summed E-state index contributed by atoms with van der Waals surface area (Å²) in [5, 5.41) is 9.41. The zero-order valence-electron chi connectivity index (χ0n) is 11.8. The van der Waals surface area contributed by atoms with Gasteiger partial charge in [0.2, 0.25) is 0 Å². The van der Waals surface area contributed by atoms with Crippen LogP contribution in [0.15, 0.2) is 0 Å². The maximum Gasteiger partial charge on any atom is 0.308 e. The van der Waals surface area contributed by atoms with Gasteiger partial charge in [-0.25, -0.2) is 0 Å². The number of carbonyl (C=O) groups is 1. The molecule has 19 heavy (non-hydrogen) atoms. The van der Waals surface area contributed by atoms with Crippen molar-refractivity contribution < 1.29 is 9.90 Å². The van der Waals surface area contributed by atoms with Crippen molar-refractivity contribution in [1.82, 2.24) is 9.80 Å². The Balaban J connectivity index is 1.60. The third kappa shape index (κ3) is 2.79. The fourth-order valence-corrected chi connectivity index (χ4v) is 4.31. The van der Waals surface area contributed by atoms with Crippen LogP contribution in [0.5, 0.6) is 0 Å². The summed E-state index contributed by atoms with van der Waals surface area (Å²) in [6.45, 7) is 4.72. The van der Waals surface area contributed by atoms with Crippen molar-refractivity contribution in [3.05, 3.63) is 0 Å². The summed E-state index contributed by atoms with van der Waals surface area (Å²) >= 11 is 0. The lowest BCUT2D eigenvalue weighted by Crippen LogP contribution is -2.45. The highest BCUT2D eigenvalue weighted by atomic mass is 16.4. The quantitative estimate of drug-likeness (QED) is 0.846. The summed E-state index contributed by atoms with van der Waals surface area (Å²) in [6, 6.07) is 0.998. The van der Waals surface area contributed by atoms with Gasteiger partial charge in [-0.15, -0.1) is 0 Å². The van der Waals surface area contributed by atoms with Crippen LogP contribution in [0.1, 0.15) is 44.9 Å². The second-order valence-electron chi connectivity index (χ2n) is 6.48. The van der Waals surface area contributed by atoms with E-state index in [2.05, 4.69) is 9.80 Å². The molecule has 3 atom stereocenters. The molecule has 1 saturated carbocycles. The Morgan fingerprint density at radius 1 is 0.895 bits per heavy atom. The first-order chi connectivity index (χ1) is 9.25. The molecule has 108 valence electrons. The molecule has 0 aromatic heterocycles. The molecular weight excluding hydrogens is 240 g/mol. The lowest BCUT2D eigenvalue weighted by Gasteiger charge is -2.36. The monoisotopic (exact) mass is 266 g/mol. The highest BCUT2D eigenvalue weighted by Gasteiger charge is 2.39. The van der Waals surface area contributed by atoms with Gasteiger partial charge in [0, 0.05) is 25.2 Å². The Morgan fingerprint density at radius 3 is 2.37 bits per heavy atom. The summed E-state index contributed by atoms with van der Waals surface area (Å²) in [6.07, 6.45) is 8.20. The number of likely N-dealkylation sites (tertiary alicyclic amines) is 2. The van der Waals surface area contributed by atoms with Crippen LogP contribution in [-0.2, 0) is 4.79 Å². The van der Waals surface area contributed by atoms with E-state index >= 15 is 0 Å². The van der Waals surface area contributed by atoms with E-state index in [1.165, 1.54) is 38.8 Å². The Bertz CT molecular complexity index is 328. The van der Waals surface area contributed by atoms with Gasteiger partial charge in [-0.05, 0) is 45.2 Å². The maximum atomic E-state index is 11.4. The maximum absolute atomic E-state index is 11.4. The molecule has 0 radical (unpaired) electrons. The minimum Gasteiger partial charge on any atom is -0.481 e. The van der Waals surface area contributed by atoms with E-state index in [0.29, 0.717) is 12.1 Å². The number of carboxylic acid groups (broad SMARTS) is 1. The molecule has 1 aliphatic carbocycles. The number of hydrogen-bond donors (Lipinski definition) is 1. The van der Waals surface area contributed by atoms with E-state index in [1.807, 2.05) is 0 Å². The number of nitrogens with zero attached hydrogens (tertiary/aromatic N) is 2. The predicted octanol–water partition coefficient (Wildman–Crippen LogP) is 1.80. The van der Waals surface area contributed by atoms with Crippen LogP contribution in [-0.4, -0.2) is 59.1 Å². The molecule has 3 fully saturated rings. The fourth-order valence-electron chi connectivity index (χ4n) is 4.31. The van der Waals surface area contributed by atoms with Gasteiger partial charge in [0.1, 0.15) is 0 Å². The predicted molar refractivity (Wildman–Crippen MR) is 74.2 cm³/mol. The lowest BCUT2D eigenvalue weighted by molar-refractivity contribution is -0.145. The fraction of sp³-hybridized carbons (Fsp3) is 0.933. The topological polar surface area (TPSA) is 43.8 Å². The largest absolute Gasteiger partial charge is 0.481 e. The van der Waals surface area contributed by atoms with Crippen LogP contribution < -0.4 is 0 Å². The first kappa shape index (κ1) is 13.4. The number of rotatable bonds is 3. The number of aliphatic carboxylic acids is 1. The van der Waals surface area contributed by atoms with E-state index in [1.54, 1.807) is 0 Å². The second kappa shape index (κ2) is 5.80. The van der Waals surface area contributed by atoms with Gasteiger partial charge >= 0.3 is 5.97 Å². The first-order valence-corrected chi connectivity index (χ1v) is 7.96. The van der Waals surface area contributed by atoms with Gasteiger partial charge in [0.25, 0.3) is 0 Å². The standard InChI is InChI=1S/C15H26N2O2/c18-15(19)13-5-1-2-6-14(13)17-10-7-12(11-17)16-8-3-4-9-16/h12-14H,1-11H2,(H,18,19). The Kier molecular flexibility index (Phi) is 4.08. The van der Waals surface area contributed by atoms with Crippen molar-refractivity contribution in [2.75, 3.05) is 26.2 Å². The minimum absolute atomic E-state index is 0.119. The van der Waals surface area contributed by atoms with Crippen molar-refractivity contribution in [3.63, 3.8) is 0 Å². The zero-order chi connectivity index (χ0) is 13.2. The minimum atomic E-state index is -0.575. The van der Waals surface area contributed by atoms with Crippen molar-refractivity contribution in [1.29, 1.82) is 0 Å². The van der Waals surface area contributed by atoms with E-state index in [0.717, 1.165) is 32.4 Å². The molecule has 3 aliphatic rings. The SMILES string of the molecule is O=C(O)C1CCCCC1N1CCC(N2CCCC2)C1. The molecule has 4 heteroatoms. The third-order valence-corrected chi connectivity index (χ3v) is 5.37. The average molecular weight is 266 g/mol. The summed E-state index contributed by atoms with van der Waals surface area (Å²) in [7, 11) is 0. The smallest absolute Gasteiger partial charge is 0.308 e. The van der Waals surface area contributed by atoms with Crippen molar-refractivity contribution >= 4 is 5.97 Å². The average Bonchev–Trinajstić information content (AvgIpc) is 3.09. The van der Waals surface area contributed by atoms with Gasteiger partial charge in [0.05, 0.1) is 5.92 Å². The highest BCUT2D eigenvalue weighted by Crippen LogP contribution is 2.32. The highest BCUT2D eigenvalue weighted by molar-refractivity contribution is 5.71. The Labute approximate surface area is 115 Å². The molecule has 0 bridgehead atoms. The van der Waals surface area contributed by atoms with E-state index in [9.17, 15) is 9.90 Å². The molecule has 2 aliphatic heterocycles. The summed E-state index contributed by atoms with van der Waals surface area (Å²) in [5.41, 5.74) is 0.